The minimum absolute atomic E-state index is 0.228. The molecule has 1 aliphatic rings. The van der Waals surface area contributed by atoms with Crippen molar-refractivity contribution < 1.29 is 14.2 Å². The molecule has 0 saturated carbocycles. The van der Waals surface area contributed by atoms with Gasteiger partial charge in [0.1, 0.15) is 12.1 Å². The molecule has 1 aliphatic heterocycles. The second-order valence-electron chi connectivity index (χ2n) is 8.88. The Morgan fingerprint density at radius 1 is 0.811 bits per heavy atom. The van der Waals surface area contributed by atoms with Crippen LogP contribution in [-0.4, -0.2) is 33.8 Å². The van der Waals surface area contributed by atoms with Gasteiger partial charge in [-0.3, -0.25) is 0 Å². The Morgan fingerprint density at radius 3 is 2.46 bits per heavy atom. The number of nitrogens with zero attached hydrogens (tertiary/aromatic N) is 4. The van der Waals surface area contributed by atoms with Gasteiger partial charge in [-0.15, -0.1) is 5.10 Å². The maximum absolute atomic E-state index is 6.41. The molecule has 7 heteroatoms. The van der Waals surface area contributed by atoms with Gasteiger partial charge in [-0.05, 0) is 34.5 Å². The van der Waals surface area contributed by atoms with E-state index >= 15 is 0 Å². The molecule has 1 atom stereocenters. The molecule has 0 saturated heterocycles. The molecule has 7 rings (SSSR count). The molecular formula is C30H22N4O3. The average molecular weight is 487 g/mol. The van der Waals surface area contributed by atoms with Crippen LogP contribution in [0.2, 0.25) is 0 Å². The van der Waals surface area contributed by atoms with Crippen LogP contribution in [0.15, 0.2) is 91.3 Å². The number of benzene rings is 4. The number of hydrogen-bond donors (Lipinski definition) is 0. The van der Waals surface area contributed by atoms with Crippen LogP contribution in [0, 0.1) is 0 Å². The lowest BCUT2D eigenvalue weighted by molar-refractivity contribution is 0.354. The smallest absolute Gasteiger partial charge is 0.228 e. The van der Waals surface area contributed by atoms with Crippen LogP contribution in [0.5, 0.6) is 23.1 Å². The molecule has 2 aromatic heterocycles. The van der Waals surface area contributed by atoms with Gasteiger partial charge in [0.05, 0.1) is 19.8 Å². The molecule has 0 amide bonds. The zero-order chi connectivity index (χ0) is 24.9. The van der Waals surface area contributed by atoms with E-state index in [1.54, 1.807) is 25.1 Å². The molecule has 0 spiro atoms. The third-order valence-electron chi connectivity index (χ3n) is 6.87. The summed E-state index contributed by atoms with van der Waals surface area (Å²) < 4.78 is 19.3. The van der Waals surface area contributed by atoms with Crippen molar-refractivity contribution in [3.63, 3.8) is 0 Å². The van der Waals surface area contributed by atoms with Crippen LogP contribution < -0.4 is 14.2 Å². The minimum atomic E-state index is -0.228. The Morgan fingerprint density at radius 2 is 1.62 bits per heavy atom. The molecule has 0 fully saturated rings. The Labute approximate surface area is 212 Å². The molecular weight excluding hydrogens is 464 g/mol. The summed E-state index contributed by atoms with van der Waals surface area (Å²) in [5.41, 5.74) is 4.55. The molecule has 0 aliphatic carbocycles. The van der Waals surface area contributed by atoms with Crippen LogP contribution >= 0.6 is 0 Å². The first-order chi connectivity index (χ1) is 18.2. The summed E-state index contributed by atoms with van der Waals surface area (Å²) in [4.78, 5) is 9.64. The van der Waals surface area contributed by atoms with E-state index in [2.05, 4.69) is 29.2 Å². The fraction of sp³-hybridized carbons (Fsp3) is 0.100. The minimum Gasteiger partial charge on any atom is -0.493 e. The van der Waals surface area contributed by atoms with Crippen LogP contribution in [0.4, 0.5) is 0 Å². The number of hydrogen-bond acceptors (Lipinski definition) is 6. The fourth-order valence-corrected chi connectivity index (χ4v) is 5.18. The predicted molar refractivity (Wildman–Crippen MR) is 141 cm³/mol. The molecule has 0 radical (unpaired) electrons. The highest BCUT2D eigenvalue weighted by molar-refractivity contribution is 5.91. The second-order valence-corrected chi connectivity index (χ2v) is 8.88. The van der Waals surface area contributed by atoms with Crippen molar-refractivity contribution in [2.24, 2.45) is 0 Å². The zero-order valence-corrected chi connectivity index (χ0v) is 20.3. The van der Waals surface area contributed by atoms with E-state index in [1.807, 2.05) is 60.7 Å². The molecule has 7 nitrogen and oxygen atoms in total. The molecule has 6 aromatic rings. The molecule has 0 N–H and O–H groups in total. The van der Waals surface area contributed by atoms with E-state index in [0.29, 0.717) is 28.9 Å². The van der Waals surface area contributed by atoms with Gasteiger partial charge in [-0.2, -0.15) is 0 Å². The predicted octanol–water partition coefficient (Wildman–Crippen LogP) is 6.25. The monoisotopic (exact) mass is 486 g/mol. The van der Waals surface area contributed by atoms with Gasteiger partial charge >= 0.3 is 0 Å². The van der Waals surface area contributed by atoms with Crippen molar-refractivity contribution in [2.45, 2.75) is 5.92 Å². The Bertz CT molecular complexity index is 1800. The number of aromatic nitrogens is 4. The van der Waals surface area contributed by atoms with Gasteiger partial charge in [-0.25, -0.2) is 14.5 Å². The Kier molecular flexibility index (Phi) is 4.82. The molecule has 1 unspecified atom stereocenters. The lowest BCUT2D eigenvalue weighted by Crippen LogP contribution is -2.15. The third kappa shape index (κ3) is 3.31. The Hall–Kier alpha value is -4.91. The van der Waals surface area contributed by atoms with Crippen molar-refractivity contribution in [3.05, 3.63) is 108 Å². The van der Waals surface area contributed by atoms with E-state index in [1.165, 1.54) is 0 Å². The summed E-state index contributed by atoms with van der Waals surface area (Å²) in [5, 5.41) is 6.98. The first-order valence-electron chi connectivity index (χ1n) is 12.0. The van der Waals surface area contributed by atoms with Gasteiger partial charge in [0, 0.05) is 17.0 Å². The molecule has 3 heterocycles. The highest BCUT2D eigenvalue weighted by Gasteiger charge is 2.35. The van der Waals surface area contributed by atoms with Crippen molar-refractivity contribution in [1.29, 1.82) is 0 Å². The first kappa shape index (κ1) is 21.4. The van der Waals surface area contributed by atoms with Crippen molar-refractivity contribution in [2.75, 3.05) is 14.2 Å². The van der Waals surface area contributed by atoms with Crippen LogP contribution in [-0.2, 0) is 0 Å². The van der Waals surface area contributed by atoms with E-state index in [0.717, 1.165) is 38.8 Å². The van der Waals surface area contributed by atoms with E-state index in [4.69, 9.17) is 24.3 Å². The summed E-state index contributed by atoms with van der Waals surface area (Å²) in [6.45, 7) is 0. The van der Waals surface area contributed by atoms with Crippen molar-refractivity contribution in [3.8, 4) is 34.5 Å². The number of fused-ring (bicyclic) bond motifs is 6. The summed E-state index contributed by atoms with van der Waals surface area (Å²) in [6, 6.07) is 28.4. The van der Waals surface area contributed by atoms with Gasteiger partial charge in [0.25, 0.3) is 0 Å². The quantitative estimate of drug-likeness (QED) is 0.293. The average Bonchev–Trinajstić information content (AvgIpc) is 3.41. The van der Waals surface area contributed by atoms with Crippen molar-refractivity contribution in [1.82, 2.24) is 19.6 Å². The van der Waals surface area contributed by atoms with Crippen LogP contribution in [0.3, 0.4) is 0 Å². The van der Waals surface area contributed by atoms with Gasteiger partial charge < -0.3 is 14.2 Å². The largest absolute Gasteiger partial charge is 0.493 e. The number of ether oxygens (including phenoxy) is 3. The zero-order valence-electron chi connectivity index (χ0n) is 20.3. The van der Waals surface area contributed by atoms with Gasteiger partial charge in [0.2, 0.25) is 5.88 Å². The highest BCUT2D eigenvalue weighted by atomic mass is 16.5. The lowest BCUT2D eigenvalue weighted by Gasteiger charge is -2.29. The van der Waals surface area contributed by atoms with Crippen molar-refractivity contribution >= 4 is 16.4 Å². The molecule has 4 aromatic carbocycles. The maximum Gasteiger partial charge on any atom is 0.228 e. The lowest BCUT2D eigenvalue weighted by atomic mass is 9.81. The molecule has 37 heavy (non-hydrogen) atoms. The van der Waals surface area contributed by atoms with Crippen LogP contribution in [0.1, 0.15) is 22.6 Å². The second kappa shape index (κ2) is 8.34. The van der Waals surface area contributed by atoms with Gasteiger partial charge in [-0.1, -0.05) is 66.7 Å². The van der Waals surface area contributed by atoms with E-state index < -0.39 is 0 Å². The van der Waals surface area contributed by atoms with E-state index in [9.17, 15) is 0 Å². The standard InChI is InChI=1S/C30H22N4O3/c1-35-22-14-13-20(16-24(22)36-2)25-26-21-11-7-6-8-18(21)12-15-23(26)37-30-27(25)29-32-28(33-34(29)17-31-30)19-9-4-3-5-10-19/h3-17,25H,1-2H3. The highest BCUT2D eigenvalue weighted by Crippen LogP contribution is 2.51. The number of methoxy groups -OCH3 is 2. The summed E-state index contributed by atoms with van der Waals surface area (Å²) in [5.74, 6) is 3.01. The topological polar surface area (TPSA) is 70.8 Å². The fourth-order valence-electron chi connectivity index (χ4n) is 5.18. The molecule has 0 bridgehead atoms. The maximum atomic E-state index is 6.41. The summed E-state index contributed by atoms with van der Waals surface area (Å²) in [7, 11) is 3.28. The molecule has 180 valence electrons. The Balaban J connectivity index is 1.54. The van der Waals surface area contributed by atoms with Crippen LogP contribution in [0.25, 0.3) is 27.8 Å². The van der Waals surface area contributed by atoms with E-state index in [-0.39, 0.29) is 5.92 Å². The summed E-state index contributed by atoms with van der Waals surface area (Å²) in [6.07, 6.45) is 1.66. The third-order valence-corrected chi connectivity index (χ3v) is 6.87. The first-order valence-corrected chi connectivity index (χ1v) is 12.0. The summed E-state index contributed by atoms with van der Waals surface area (Å²) >= 11 is 0. The number of rotatable bonds is 4. The normalized spacial score (nSPS) is 14.2. The van der Waals surface area contributed by atoms with Gasteiger partial charge in [0.15, 0.2) is 23.0 Å². The SMILES string of the molecule is COc1ccc(C2c3c(ccc4ccccc34)Oc3ncn4nc(-c5ccccc5)nc4c32)cc1OC.